The molecule has 0 bridgehead atoms. The van der Waals surface area contributed by atoms with Crippen molar-refractivity contribution in [2.75, 3.05) is 19.6 Å². The number of hydrogen-bond donors (Lipinski definition) is 1. The van der Waals surface area contributed by atoms with Crippen molar-refractivity contribution >= 4 is 23.2 Å². The third kappa shape index (κ3) is 3.35. The fraction of sp³-hybridized carbons (Fsp3) is 0.538. The molecular weight excluding hydrogens is 255 g/mol. The first-order valence-electron chi connectivity index (χ1n) is 6.08. The van der Waals surface area contributed by atoms with E-state index in [1.165, 1.54) is 31.5 Å². The van der Waals surface area contributed by atoms with Gasteiger partial charge in [-0.1, -0.05) is 29.3 Å². The monoisotopic (exact) mass is 272 g/mol. The van der Waals surface area contributed by atoms with Gasteiger partial charge in [-0.3, -0.25) is 4.90 Å². The summed E-state index contributed by atoms with van der Waals surface area (Å²) in [6.45, 7) is 3.03. The summed E-state index contributed by atoms with van der Waals surface area (Å²) in [5, 5.41) is 1.24. The number of nitrogens with zero attached hydrogens (tertiary/aromatic N) is 1. The van der Waals surface area contributed by atoms with E-state index in [0.717, 1.165) is 6.42 Å². The van der Waals surface area contributed by atoms with Crippen LogP contribution in [-0.2, 0) is 6.42 Å². The Balaban J connectivity index is 2.04. The van der Waals surface area contributed by atoms with Crippen LogP contribution in [0.15, 0.2) is 18.2 Å². The standard InChI is InChI=1S/C13H18Cl2N2/c14-12-4-3-10(8-13(12)15)7-11(9-16)17-5-1-2-6-17/h3-4,8,11H,1-2,5-7,9,16H2. The van der Waals surface area contributed by atoms with E-state index < -0.39 is 0 Å². The largest absolute Gasteiger partial charge is 0.329 e. The Labute approximate surface area is 113 Å². The predicted octanol–water partition coefficient (Wildman–Crippen LogP) is 2.96. The van der Waals surface area contributed by atoms with Crippen LogP contribution in [0.1, 0.15) is 18.4 Å². The molecule has 2 rings (SSSR count). The van der Waals surface area contributed by atoms with Gasteiger partial charge in [-0.15, -0.1) is 0 Å². The van der Waals surface area contributed by atoms with Crippen molar-refractivity contribution in [2.24, 2.45) is 5.73 Å². The molecular formula is C13H18Cl2N2. The lowest BCUT2D eigenvalue weighted by Crippen LogP contribution is -2.40. The molecule has 1 fully saturated rings. The lowest BCUT2D eigenvalue weighted by atomic mass is 10.1. The third-order valence-electron chi connectivity index (χ3n) is 3.38. The Hall–Kier alpha value is -0.280. The van der Waals surface area contributed by atoms with Gasteiger partial charge >= 0.3 is 0 Å². The highest BCUT2D eigenvalue weighted by Crippen LogP contribution is 2.24. The molecule has 1 aliphatic rings. The van der Waals surface area contributed by atoms with E-state index in [1.807, 2.05) is 18.2 Å². The summed E-state index contributed by atoms with van der Waals surface area (Å²) in [6, 6.07) is 6.27. The van der Waals surface area contributed by atoms with Crippen LogP contribution in [0.5, 0.6) is 0 Å². The zero-order chi connectivity index (χ0) is 12.3. The molecule has 17 heavy (non-hydrogen) atoms. The van der Waals surface area contributed by atoms with Crippen LogP contribution in [-0.4, -0.2) is 30.6 Å². The first kappa shape index (κ1) is 13.2. The maximum Gasteiger partial charge on any atom is 0.0595 e. The van der Waals surface area contributed by atoms with Crippen LogP contribution in [0.3, 0.4) is 0 Å². The van der Waals surface area contributed by atoms with Gasteiger partial charge in [0.25, 0.3) is 0 Å². The highest BCUT2D eigenvalue weighted by atomic mass is 35.5. The van der Waals surface area contributed by atoms with E-state index in [0.29, 0.717) is 22.6 Å². The van der Waals surface area contributed by atoms with Gasteiger partial charge in [0.1, 0.15) is 0 Å². The minimum atomic E-state index is 0.426. The van der Waals surface area contributed by atoms with Gasteiger partial charge in [-0.05, 0) is 50.0 Å². The predicted molar refractivity (Wildman–Crippen MR) is 73.8 cm³/mol. The van der Waals surface area contributed by atoms with E-state index in [9.17, 15) is 0 Å². The zero-order valence-electron chi connectivity index (χ0n) is 9.83. The van der Waals surface area contributed by atoms with Gasteiger partial charge in [0.05, 0.1) is 10.0 Å². The maximum atomic E-state index is 6.02. The molecule has 0 amide bonds. The molecule has 0 radical (unpaired) electrons. The lowest BCUT2D eigenvalue weighted by Gasteiger charge is -2.26. The van der Waals surface area contributed by atoms with Crippen LogP contribution in [0.2, 0.25) is 10.0 Å². The van der Waals surface area contributed by atoms with Crippen molar-refractivity contribution in [1.29, 1.82) is 0 Å². The molecule has 0 spiro atoms. The fourth-order valence-electron chi connectivity index (χ4n) is 2.41. The zero-order valence-corrected chi connectivity index (χ0v) is 11.3. The average Bonchev–Trinajstić information content (AvgIpc) is 2.84. The Morgan fingerprint density at radius 1 is 1.18 bits per heavy atom. The molecule has 4 heteroatoms. The SMILES string of the molecule is NCC(Cc1ccc(Cl)c(Cl)c1)N1CCCC1. The van der Waals surface area contributed by atoms with Gasteiger partial charge in [-0.2, -0.15) is 0 Å². The highest BCUT2D eigenvalue weighted by Gasteiger charge is 2.20. The second-order valence-corrected chi connectivity index (χ2v) is 5.40. The number of halogens is 2. The van der Waals surface area contributed by atoms with E-state index in [2.05, 4.69) is 4.90 Å². The molecule has 1 aromatic carbocycles. The van der Waals surface area contributed by atoms with Crippen molar-refractivity contribution in [2.45, 2.75) is 25.3 Å². The molecule has 0 aliphatic carbocycles. The summed E-state index contributed by atoms with van der Waals surface area (Å²) in [6.07, 6.45) is 3.53. The molecule has 0 saturated carbocycles. The Kier molecular flexibility index (Phi) is 4.69. The van der Waals surface area contributed by atoms with Crippen molar-refractivity contribution in [3.8, 4) is 0 Å². The number of hydrogen-bond acceptors (Lipinski definition) is 2. The molecule has 1 unspecified atom stereocenters. The Bertz CT molecular complexity index is 376. The molecule has 2 nitrogen and oxygen atoms in total. The van der Waals surface area contributed by atoms with Gasteiger partial charge in [0.15, 0.2) is 0 Å². The van der Waals surface area contributed by atoms with Crippen LogP contribution >= 0.6 is 23.2 Å². The van der Waals surface area contributed by atoms with Crippen molar-refractivity contribution in [1.82, 2.24) is 4.90 Å². The van der Waals surface area contributed by atoms with E-state index in [-0.39, 0.29) is 0 Å². The minimum absolute atomic E-state index is 0.426. The van der Waals surface area contributed by atoms with Crippen LogP contribution in [0.25, 0.3) is 0 Å². The first-order valence-corrected chi connectivity index (χ1v) is 6.84. The van der Waals surface area contributed by atoms with Gasteiger partial charge in [0, 0.05) is 12.6 Å². The van der Waals surface area contributed by atoms with E-state index in [4.69, 9.17) is 28.9 Å². The fourth-order valence-corrected chi connectivity index (χ4v) is 2.73. The molecule has 1 saturated heterocycles. The summed E-state index contributed by atoms with van der Waals surface area (Å²) in [7, 11) is 0. The van der Waals surface area contributed by atoms with Crippen molar-refractivity contribution < 1.29 is 0 Å². The quantitative estimate of drug-likeness (QED) is 0.913. The van der Waals surface area contributed by atoms with Gasteiger partial charge < -0.3 is 5.73 Å². The van der Waals surface area contributed by atoms with Crippen LogP contribution in [0, 0.1) is 0 Å². The maximum absolute atomic E-state index is 6.02. The van der Waals surface area contributed by atoms with Crippen molar-refractivity contribution in [3.05, 3.63) is 33.8 Å². The summed E-state index contributed by atoms with van der Waals surface area (Å²) < 4.78 is 0. The first-order chi connectivity index (χ1) is 8.20. The van der Waals surface area contributed by atoms with Gasteiger partial charge in [-0.25, -0.2) is 0 Å². The third-order valence-corrected chi connectivity index (χ3v) is 4.12. The van der Waals surface area contributed by atoms with E-state index in [1.54, 1.807) is 0 Å². The normalized spacial score (nSPS) is 18.5. The number of benzene rings is 1. The molecule has 2 N–H and O–H groups in total. The Morgan fingerprint density at radius 3 is 2.47 bits per heavy atom. The molecule has 94 valence electrons. The summed E-state index contributed by atoms with van der Waals surface area (Å²) in [5.74, 6) is 0. The number of nitrogens with two attached hydrogens (primary N) is 1. The Morgan fingerprint density at radius 2 is 1.88 bits per heavy atom. The molecule has 0 aromatic heterocycles. The molecule has 1 atom stereocenters. The smallest absolute Gasteiger partial charge is 0.0595 e. The number of rotatable bonds is 4. The van der Waals surface area contributed by atoms with E-state index >= 15 is 0 Å². The summed E-state index contributed by atoms with van der Waals surface area (Å²) in [5.41, 5.74) is 7.08. The second-order valence-electron chi connectivity index (χ2n) is 4.59. The average molecular weight is 273 g/mol. The van der Waals surface area contributed by atoms with Crippen molar-refractivity contribution in [3.63, 3.8) is 0 Å². The molecule has 1 heterocycles. The minimum Gasteiger partial charge on any atom is -0.329 e. The highest BCUT2D eigenvalue weighted by molar-refractivity contribution is 6.42. The summed E-state index contributed by atoms with van der Waals surface area (Å²) >= 11 is 11.9. The van der Waals surface area contributed by atoms with Crippen LogP contribution in [0.4, 0.5) is 0 Å². The molecule has 1 aliphatic heterocycles. The second kappa shape index (κ2) is 6.05. The van der Waals surface area contributed by atoms with Crippen LogP contribution < -0.4 is 5.73 Å². The lowest BCUT2D eigenvalue weighted by molar-refractivity contribution is 0.246. The number of likely N-dealkylation sites (tertiary alicyclic amines) is 1. The topological polar surface area (TPSA) is 29.3 Å². The van der Waals surface area contributed by atoms with Gasteiger partial charge in [0.2, 0.25) is 0 Å². The summed E-state index contributed by atoms with van der Waals surface area (Å²) in [4.78, 5) is 2.47. The molecule has 1 aromatic rings.